The van der Waals surface area contributed by atoms with Gasteiger partial charge >= 0.3 is 0 Å². The lowest BCUT2D eigenvalue weighted by atomic mass is 9.85. The van der Waals surface area contributed by atoms with Crippen LogP contribution < -0.4 is 10.2 Å². The quantitative estimate of drug-likeness (QED) is 0.608. The van der Waals surface area contributed by atoms with Gasteiger partial charge in [-0.3, -0.25) is 4.79 Å². The zero-order valence-corrected chi connectivity index (χ0v) is 19.7. The number of hydrogen-bond donors (Lipinski definition) is 1. The maximum atomic E-state index is 11.6. The highest BCUT2D eigenvalue weighted by atomic mass is 16.2. The molecule has 2 aromatic heterocycles. The molecule has 0 aliphatic carbocycles. The van der Waals surface area contributed by atoms with Crippen molar-refractivity contribution >= 4 is 34.3 Å². The van der Waals surface area contributed by atoms with Gasteiger partial charge in [0.2, 0.25) is 11.9 Å². The Hall–Kier alpha value is -3.22. The Balaban J connectivity index is 1.44. The van der Waals surface area contributed by atoms with Crippen LogP contribution in [0.15, 0.2) is 36.7 Å². The first-order valence-corrected chi connectivity index (χ1v) is 12.0. The second-order valence-corrected chi connectivity index (χ2v) is 9.55. The third-order valence-electron chi connectivity index (χ3n) is 6.90. The average molecular weight is 445 g/mol. The number of rotatable bonds is 5. The monoisotopic (exact) mass is 444 g/mol. The summed E-state index contributed by atoms with van der Waals surface area (Å²) in [5.74, 6) is 3.24. The van der Waals surface area contributed by atoms with Crippen molar-refractivity contribution in [2.45, 2.75) is 51.9 Å². The van der Waals surface area contributed by atoms with Gasteiger partial charge in [0.05, 0.1) is 0 Å². The molecule has 172 valence electrons. The largest absolute Gasteiger partial charge is 0.342 e. The Bertz CT molecular complexity index is 1160. The van der Waals surface area contributed by atoms with Gasteiger partial charge < -0.3 is 15.1 Å². The van der Waals surface area contributed by atoms with Gasteiger partial charge in [-0.2, -0.15) is 4.98 Å². The van der Waals surface area contributed by atoms with Crippen LogP contribution in [0.3, 0.4) is 0 Å². The number of benzene rings is 1. The first kappa shape index (κ1) is 21.6. The molecule has 1 N–H and O–H groups in total. The maximum absolute atomic E-state index is 11.6. The molecule has 2 saturated heterocycles. The Morgan fingerprint density at radius 3 is 2.55 bits per heavy atom. The molecule has 0 atom stereocenters. The Labute approximate surface area is 195 Å². The lowest BCUT2D eigenvalue weighted by Crippen LogP contribution is -2.47. The molecule has 7 heteroatoms. The summed E-state index contributed by atoms with van der Waals surface area (Å²) in [5, 5.41) is 5.79. The SMILES string of the molecule is CC(=O)N1CC(c2ccc(C(C)C)c3cc(Nc4ccnc(N5CCCCC5)n4)ncc23)C1. The zero-order chi connectivity index (χ0) is 22.9. The molecule has 0 spiro atoms. The van der Waals surface area contributed by atoms with Crippen molar-refractivity contribution in [3.63, 3.8) is 0 Å². The highest BCUT2D eigenvalue weighted by Crippen LogP contribution is 2.36. The molecule has 0 saturated carbocycles. The second kappa shape index (κ2) is 8.96. The topological polar surface area (TPSA) is 74.2 Å². The van der Waals surface area contributed by atoms with Crippen molar-refractivity contribution < 1.29 is 4.79 Å². The van der Waals surface area contributed by atoms with Gasteiger partial charge in [0.1, 0.15) is 11.6 Å². The number of pyridine rings is 1. The van der Waals surface area contributed by atoms with Crippen LogP contribution >= 0.6 is 0 Å². The van der Waals surface area contributed by atoms with Crippen molar-refractivity contribution in [3.8, 4) is 0 Å². The minimum Gasteiger partial charge on any atom is -0.342 e. The Morgan fingerprint density at radius 1 is 1.03 bits per heavy atom. The third-order valence-corrected chi connectivity index (χ3v) is 6.90. The Morgan fingerprint density at radius 2 is 1.82 bits per heavy atom. The lowest BCUT2D eigenvalue weighted by Gasteiger charge is -2.39. The molecule has 0 bridgehead atoms. The number of nitrogens with one attached hydrogen (secondary N) is 1. The van der Waals surface area contributed by atoms with Crippen molar-refractivity contribution in [2.75, 3.05) is 36.4 Å². The van der Waals surface area contributed by atoms with E-state index in [1.54, 1.807) is 6.92 Å². The summed E-state index contributed by atoms with van der Waals surface area (Å²) in [6.07, 6.45) is 7.46. The highest BCUT2D eigenvalue weighted by Gasteiger charge is 2.31. The van der Waals surface area contributed by atoms with Gasteiger partial charge in [-0.15, -0.1) is 0 Å². The van der Waals surface area contributed by atoms with E-state index in [0.29, 0.717) is 11.8 Å². The average Bonchev–Trinajstić information content (AvgIpc) is 2.78. The molecule has 33 heavy (non-hydrogen) atoms. The molecule has 7 nitrogen and oxygen atoms in total. The number of likely N-dealkylation sites (tertiary alicyclic amines) is 1. The fraction of sp³-hybridized carbons (Fsp3) is 0.462. The summed E-state index contributed by atoms with van der Waals surface area (Å²) in [6.45, 7) is 9.67. The number of carbonyl (C=O) groups excluding carboxylic acids is 1. The fourth-order valence-corrected chi connectivity index (χ4v) is 4.94. The van der Waals surface area contributed by atoms with Crippen LogP contribution in [0.1, 0.15) is 63.0 Å². The van der Waals surface area contributed by atoms with E-state index in [1.807, 2.05) is 23.4 Å². The van der Waals surface area contributed by atoms with Crippen LogP contribution in [0.4, 0.5) is 17.6 Å². The molecule has 5 rings (SSSR count). The molecule has 1 amide bonds. The smallest absolute Gasteiger partial charge is 0.227 e. The minimum atomic E-state index is 0.146. The maximum Gasteiger partial charge on any atom is 0.227 e. The fourth-order valence-electron chi connectivity index (χ4n) is 4.94. The number of piperidine rings is 1. The number of anilines is 3. The Kier molecular flexibility index (Phi) is 5.87. The summed E-state index contributed by atoms with van der Waals surface area (Å²) in [4.78, 5) is 29.8. The number of carbonyl (C=O) groups is 1. The van der Waals surface area contributed by atoms with Gasteiger partial charge in [-0.25, -0.2) is 9.97 Å². The number of fused-ring (bicyclic) bond motifs is 1. The number of amides is 1. The van der Waals surface area contributed by atoms with Crippen LogP contribution in [0.5, 0.6) is 0 Å². The third kappa shape index (κ3) is 4.36. The van der Waals surface area contributed by atoms with Crippen LogP contribution in [0.2, 0.25) is 0 Å². The van der Waals surface area contributed by atoms with E-state index in [4.69, 9.17) is 9.97 Å². The predicted octanol–water partition coefficient (Wildman–Crippen LogP) is 4.83. The summed E-state index contributed by atoms with van der Waals surface area (Å²) in [5.41, 5.74) is 2.58. The molecule has 2 aliphatic heterocycles. The van der Waals surface area contributed by atoms with Crippen LogP contribution in [0.25, 0.3) is 10.8 Å². The molecule has 4 heterocycles. The molecule has 1 aromatic carbocycles. The zero-order valence-electron chi connectivity index (χ0n) is 19.7. The van der Waals surface area contributed by atoms with Gasteiger partial charge in [-0.1, -0.05) is 26.0 Å². The lowest BCUT2D eigenvalue weighted by molar-refractivity contribution is -0.133. The van der Waals surface area contributed by atoms with Crippen molar-refractivity contribution in [1.82, 2.24) is 19.9 Å². The number of nitrogens with zero attached hydrogens (tertiary/aromatic N) is 5. The minimum absolute atomic E-state index is 0.146. The van der Waals surface area contributed by atoms with E-state index in [0.717, 1.165) is 43.8 Å². The van der Waals surface area contributed by atoms with E-state index in [9.17, 15) is 4.79 Å². The number of hydrogen-bond acceptors (Lipinski definition) is 6. The van der Waals surface area contributed by atoms with Gasteiger partial charge in [0.25, 0.3) is 0 Å². The van der Waals surface area contributed by atoms with E-state index < -0.39 is 0 Å². The predicted molar refractivity (Wildman–Crippen MR) is 132 cm³/mol. The molecular formula is C26H32N6O. The van der Waals surface area contributed by atoms with E-state index >= 15 is 0 Å². The standard InChI is InChI=1S/C26H32N6O/c1-17(2)20-7-8-21(19-15-32(16-19)18(3)33)23-14-28-25(13-22(20)23)29-24-9-10-27-26(30-24)31-11-5-4-6-12-31/h7-10,13-14,17,19H,4-6,11-12,15-16H2,1-3H3,(H,27,28,29,30). The molecular weight excluding hydrogens is 412 g/mol. The normalized spacial score (nSPS) is 16.8. The van der Waals surface area contributed by atoms with Crippen molar-refractivity contribution in [2.24, 2.45) is 0 Å². The molecule has 0 unspecified atom stereocenters. The van der Waals surface area contributed by atoms with E-state index in [-0.39, 0.29) is 5.91 Å². The summed E-state index contributed by atoms with van der Waals surface area (Å²) >= 11 is 0. The van der Waals surface area contributed by atoms with Gasteiger partial charge in [0, 0.05) is 56.8 Å². The first-order chi connectivity index (χ1) is 16.0. The first-order valence-electron chi connectivity index (χ1n) is 12.0. The van der Waals surface area contributed by atoms with Crippen LogP contribution in [-0.2, 0) is 4.79 Å². The van der Waals surface area contributed by atoms with Crippen molar-refractivity contribution in [3.05, 3.63) is 47.8 Å². The van der Waals surface area contributed by atoms with Crippen molar-refractivity contribution in [1.29, 1.82) is 0 Å². The van der Waals surface area contributed by atoms with Crippen LogP contribution in [0, 0.1) is 0 Å². The summed E-state index contributed by atoms with van der Waals surface area (Å²) in [7, 11) is 0. The second-order valence-electron chi connectivity index (χ2n) is 9.55. The highest BCUT2D eigenvalue weighted by molar-refractivity contribution is 5.91. The summed E-state index contributed by atoms with van der Waals surface area (Å²) < 4.78 is 0. The van der Waals surface area contributed by atoms with Crippen LogP contribution in [-0.4, -0.2) is 51.9 Å². The van der Waals surface area contributed by atoms with Gasteiger partial charge in [0.15, 0.2) is 0 Å². The molecule has 0 radical (unpaired) electrons. The van der Waals surface area contributed by atoms with E-state index in [1.165, 1.54) is 41.2 Å². The molecule has 3 aromatic rings. The summed E-state index contributed by atoms with van der Waals surface area (Å²) in [6, 6.07) is 8.49. The molecule has 2 fully saturated rings. The van der Waals surface area contributed by atoms with Gasteiger partial charge in [-0.05, 0) is 53.8 Å². The van der Waals surface area contributed by atoms with E-state index in [2.05, 4.69) is 47.2 Å². The number of aromatic nitrogens is 3. The molecule has 2 aliphatic rings.